The molecule has 0 aromatic heterocycles. The molecule has 0 radical (unpaired) electrons. The third kappa shape index (κ3) is 3.62. The summed E-state index contributed by atoms with van der Waals surface area (Å²) in [6.45, 7) is 0. The quantitative estimate of drug-likeness (QED) is 0.350. The standard InChI is InChI=1S/C27H19BrN2O2/c28-21-13-11-20(12-14-21)26(32)24-23(31)15-22(18-7-3-1-4-8-18)27(16-29,17-30)25(24)19-9-5-2-6-10-19/h1-14,22,25,32H,15H2/b26-24-/t22-,25+/m1/s1. The van der Waals surface area contributed by atoms with Gasteiger partial charge in [0.25, 0.3) is 0 Å². The molecule has 0 unspecified atom stereocenters. The molecule has 156 valence electrons. The Kier molecular flexibility index (Phi) is 5.95. The number of benzene rings is 3. The fourth-order valence-corrected chi connectivity index (χ4v) is 4.79. The first kappa shape index (κ1) is 21.6. The minimum absolute atomic E-state index is 0.0373. The van der Waals surface area contributed by atoms with Crippen LogP contribution in [0.3, 0.4) is 0 Å². The van der Waals surface area contributed by atoms with Crippen LogP contribution < -0.4 is 0 Å². The molecule has 0 amide bonds. The second-order valence-electron chi connectivity index (χ2n) is 7.80. The van der Waals surface area contributed by atoms with E-state index in [0.29, 0.717) is 11.1 Å². The smallest absolute Gasteiger partial charge is 0.164 e. The Balaban J connectivity index is 2.01. The number of allylic oxidation sites excluding steroid dienone is 1. The van der Waals surface area contributed by atoms with Gasteiger partial charge in [-0.25, -0.2) is 0 Å². The van der Waals surface area contributed by atoms with Crippen LogP contribution in [-0.4, -0.2) is 10.9 Å². The van der Waals surface area contributed by atoms with Crippen molar-refractivity contribution in [2.45, 2.75) is 18.3 Å². The van der Waals surface area contributed by atoms with Gasteiger partial charge in [0.2, 0.25) is 0 Å². The van der Waals surface area contributed by atoms with Gasteiger partial charge in [-0.1, -0.05) is 88.7 Å². The topological polar surface area (TPSA) is 84.9 Å². The van der Waals surface area contributed by atoms with E-state index in [0.717, 1.165) is 10.0 Å². The van der Waals surface area contributed by atoms with Gasteiger partial charge in [-0.05, 0) is 23.3 Å². The van der Waals surface area contributed by atoms with E-state index in [1.165, 1.54) is 0 Å². The van der Waals surface area contributed by atoms with Crippen molar-refractivity contribution >= 4 is 27.5 Å². The number of carbonyl (C=O) groups is 1. The summed E-state index contributed by atoms with van der Waals surface area (Å²) in [7, 11) is 0. The molecule has 0 saturated heterocycles. The highest BCUT2D eigenvalue weighted by Gasteiger charge is 2.56. The zero-order valence-electron chi connectivity index (χ0n) is 17.1. The molecule has 1 N–H and O–H groups in total. The summed E-state index contributed by atoms with van der Waals surface area (Å²) in [5.74, 6) is -2.00. The molecule has 2 atom stereocenters. The zero-order chi connectivity index (χ0) is 22.7. The monoisotopic (exact) mass is 482 g/mol. The van der Waals surface area contributed by atoms with Crippen LogP contribution in [0.5, 0.6) is 0 Å². The molecule has 4 nitrogen and oxygen atoms in total. The molecule has 1 fully saturated rings. The van der Waals surface area contributed by atoms with Crippen LogP contribution in [0, 0.1) is 28.1 Å². The van der Waals surface area contributed by atoms with E-state index in [1.54, 1.807) is 48.5 Å². The average Bonchev–Trinajstić information content (AvgIpc) is 2.84. The number of hydrogen-bond acceptors (Lipinski definition) is 4. The van der Waals surface area contributed by atoms with Gasteiger partial charge in [0.05, 0.1) is 12.1 Å². The van der Waals surface area contributed by atoms with E-state index < -0.39 is 17.3 Å². The van der Waals surface area contributed by atoms with Crippen LogP contribution in [0.4, 0.5) is 0 Å². The van der Waals surface area contributed by atoms with Crippen molar-refractivity contribution in [2.75, 3.05) is 0 Å². The van der Waals surface area contributed by atoms with E-state index in [2.05, 4.69) is 28.1 Å². The van der Waals surface area contributed by atoms with Crippen molar-refractivity contribution in [1.82, 2.24) is 0 Å². The lowest BCUT2D eigenvalue weighted by Crippen LogP contribution is -2.42. The van der Waals surface area contributed by atoms with Crippen LogP contribution in [0.1, 0.15) is 34.9 Å². The summed E-state index contributed by atoms with van der Waals surface area (Å²) in [4.78, 5) is 13.5. The van der Waals surface area contributed by atoms with Gasteiger partial charge in [-0.2, -0.15) is 10.5 Å². The highest BCUT2D eigenvalue weighted by Crippen LogP contribution is 2.56. The first-order valence-corrected chi connectivity index (χ1v) is 11.0. The maximum absolute atomic E-state index is 13.5. The van der Waals surface area contributed by atoms with Crippen LogP contribution in [0.15, 0.2) is 95.0 Å². The Morgan fingerprint density at radius 2 is 1.41 bits per heavy atom. The third-order valence-corrected chi connectivity index (χ3v) is 6.59. The lowest BCUT2D eigenvalue weighted by Gasteiger charge is -2.41. The third-order valence-electron chi connectivity index (χ3n) is 6.06. The number of nitrogens with zero attached hydrogens (tertiary/aromatic N) is 2. The number of carbonyl (C=O) groups excluding carboxylic acids is 1. The van der Waals surface area contributed by atoms with E-state index in [-0.39, 0.29) is 23.5 Å². The van der Waals surface area contributed by atoms with Crippen LogP contribution in [0.25, 0.3) is 5.76 Å². The Bertz CT molecular complexity index is 1240. The maximum atomic E-state index is 13.5. The Morgan fingerprint density at radius 1 is 0.875 bits per heavy atom. The van der Waals surface area contributed by atoms with E-state index in [1.807, 2.05) is 36.4 Å². The predicted octanol–water partition coefficient (Wildman–Crippen LogP) is 6.29. The lowest BCUT2D eigenvalue weighted by molar-refractivity contribution is -0.118. The van der Waals surface area contributed by atoms with Crippen molar-refractivity contribution in [3.8, 4) is 12.1 Å². The van der Waals surface area contributed by atoms with E-state index in [9.17, 15) is 20.4 Å². The fraction of sp³-hybridized carbons (Fsp3) is 0.148. The molecular weight excluding hydrogens is 464 g/mol. The average molecular weight is 483 g/mol. The molecule has 0 bridgehead atoms. The lowest BCUT2D eigenvalue weighted by atomic mass is 9.55. The number of aliphatic hydroxyl groups is 1. The minimum Gasteiger partial charge on any atom is -0.507 e. The molecule has 1 aliphatic carbocycles. The molecule has 0 heterocycles. The number of nitriles is 2. The molecule has 3 aromatic carbocycles. The van der Waals surface area contributed by atoms with Crippen molar-refractivity contribution in [1.29, 1.82) is 10.5 Å². The van der Waals surface area contributed by atoms with Gasteiger partial charge in [0, 0.05) is 33.9 Å². The molecular formula is C27H19BrN2O2. The highest BCUT2D eigenvalue weighted by molar-refractivity contribution is 9.10. The maximum Gasteiger partial charge on any atom is 0.164 e. The van der Waals surface area contributed by atoms with Crippen molar-refractivity contribution in [3.05, 3.63) is 112 Å². The summed E-state index contributed by atoms with van der Waals surface area (Å²) in [5, 5.41) is 32.1. The van der Waals surface area contributed by atoms with Crippen LogP contribution in [0.2, 0.25) is 0 Å². The Morgan fingerprint density at radius 3 is 1.94 bits per heavy atom. The normalized spacial score (nSPS) is 21.3. The molecule has 32 heavy (non-hydrogen) atoms. The fourth-order valence-electron chi connectivity index (χ4n) is 4.53. The molecule has 3 aromatic rings. The molecule has 0 aliphatic heterocycles. The van der Waals surface area contributed by atoms with Gasteiger partial charge in [-0.3, -0.25) is 4.79 Å². The predicted molar refractivity (Wildman–Crippen MR) is 125 cm³/mol. The van der Waals surface area contributed by atoms with Crippen LogP contribution >= 0.6 is 15.9 Å². The summed E-state index contributed by atoms with van der Waals surface area (Å²) in [6.07, 6.45) is -0.0373. The molecule has 0 spiro atoms. The SMILES string of the molecule is N#CC1(C#N)[C@@H](c2ccccc2)CC(=O)/C(=C(/O)c2ccc(Br)cc2)[C@@H]1c1ccccc1. The number of aliphatic hydroxyl groups excluding tert-OH is 1. The number of halogens is 1. The Labute approximate surface area is 195 Å². The number of Topliss-reactive ketones (excluding diaryl/α,β-unsaturated/α-hetero) is 1. The van der Waals surface area contributed by atoms with Crippen molar-refractivity contribution in [2.24, 2.45) is 5.41 Å². The van der Waals surface area contributed by atoms with Gasteiger partial charge >= 0.3 is 0 Å². The van der Waals surface area contributed by atoms with Crippen molar-refractivity contribution < 1.29 is 9.90 Å². The second-order valence-corrected chi connectivity index (χ2v) is 8.71. The van der Waals surface area contributed by atoms with Gasteiger partial charge in [-0.15, -0.1) is 0 Å². The van der Waals surface area contributed by atoms with Gasteiger partial charge in [0.1, 0.15) is 5.76 Å². The van der Waals surface area contributed by atoms with Crippen LogP contribution in [-0.2, 0) is 4.79 Å². The number of hydrogen-bond donors (Lipinski definition) is 1. The molecule has 5 heteroatoms. The summed E-state index contributed by atoms with van der Waals surface area (Å²) >= 11 is 3.37. The van der Waals surface area contributed by atoms with E-state index >= 15 is 0 Å². The molecule has 4 rings (SSSR count). The number of rotatable bonds is 3. The largest absolute Gasteiger partial charge is 0.507 e. The second kappa shape index (κ2) is 8.83. The summed E-state index contributed by atoms with van der Waals surface area (Å²) in [5.41, 5.74) is 0.388. The summed E-state index contributed by atoms with van der Waals surface area (Å²) in [6, 6.07) is 29.7. The van der Waals surface area contributed by atoms with E-state index in [4.69, 9.17) is 0 Å². The first-order valence-electron chi connectivity index (χ1n) is 10.2. The zero-order valence-corrected chi connectivity index (χ0v) is 18.7. The van der Waals surface area contributed by atoms with Gasteiger partial charge < -0.3 is 5.11 Å². The molecule has 1 saturated carbocycles. The first-order chi connectivity index (χ1) is 15.5. The van der Waals surface area contributed by atoms with Crippen molar-refractivity contribution in [3.63, 3.8) is 0 Å². The minimum atomic E-state index is -1.57. The highest BCUT2D eigenvalue weighted by atomic mass is 79.9. The molecule has 1 aliphatic rings. The van der Waals surface area contributed by atoms with Gasteiger partial charge in [0.15, 0.2) is 11.2 Å². The Hall–Kier alpha value is -3.67. The summed E-state index contributed by atoms with van der Waals surface area (Å²) < 4.78 is 0.834. The number of ketones is 1.